The van der Waals surface area contributed by atoms with Gasteiger partial charge in [0.1, 0.15) is 5.82 Å². The molecular weight excluding hydrogens is 419 g/mol. The minimum absolute atomic E-state index is 0.0564. The predicted molar refractivity (Wildman–Crippen MR) is 129 cm³/mol. The van der Waals surface area contributed by atoms with E-state index in [2.05, 4.69) is 24.4 Å². The molecule has 7 heteroatoms. The van der Waals surface area contributed by atoms with Crippen molar-refractivity contribution in [2.45, 2.75) is 26.8 Å². The zero-order chi connectivity index (χ0) is 23.4. The third-order valence-corrected chi connectivity index (χ3v) is 5.36. The molecule has 4 aromatic rings. The third kappa shape index (κ3) is 4.62. The van der Waals surface area contributed by atoms with Crippen molar-refractivity contribution in [1.82, 2.24) is 9.13 Å². The Hall–Kier alpha value is -4.00. The van der Waals surface area contributed by atoms with E-state index >= 15 is 0 Å². The Labute approximate surface area is 190 Å². The van der Waals surface area contributed by atoms with Gasteiger partial charge in [-0.25, -0.2) is 4.39 Å². The number of aryl methyl sites for hydroxylation is 1. The summed E-state index contributed by atoms with van der Waals surface area (Å²) in [7, 11) is 0. The number of fused-ring (bicyclic) bond motifs is 1. The summed E-state index contributed by atoms with van der Waals surface area (Å²) in [5, 5.41) is 3.89. The molecular formula is C26H25FN4O2. The smallest absolute Gasteiger partial charge is 0.289 e. The van der Waals surface area contributed by atoms with Crippen molar-refractivity contribution in [1.29, 1.82) is 0 Å². The van der Waals surface area contributed by atoms with Gasteiger partial charge >= 0.3 is 0 Å². The lowest BCUT2D eigenvalue weighted by Gasteiger charge is -2.11. The fraction of sp³-hybridized carbons (Fsp3) is 0.192. The molecule has 0 unspecified atom stereocenters. The maximum atomic E-state index is 14.9. The molecule has 168 valence electrons. The second-order valence-corrected chi connectivity index (χ2v) is 8.16. The molecule has 3 aromatic carbocycles. The van der Waals surface area contributed by atoms with Crippen LogP contribution in [-0.2, 0) is 6.54 Å². The Kier molecular flexibility index (Phi) is 6.49. The quantitative estimate of drug-likeness (QED) is 0.452. The van der Waals surface area contributed by atoms with Gasteiger partial charge < -0.3 is 4.57 Å². The van der Waals surface area contributed by atoms with Crippen molar-refractivity contribution in [2.24, 2.45) is 11.0 Å². The minimum atomic E-state index is -0.701. The minimum Gasteiger partial charge on any atom is -0.305 e. The molecule has 0 bridgehead atoms. The van der Waals surface area contributed by atoms with Gasteiger partial charge in [0.25, 0.3) is 11.1 Å². The SMILES string of the molecule is CC(C)CCn1c(=O)/c(=N/Nc2ccccc2)c(=O)n(-c2ccccc2F)c2ccccc21. The van der Waals surface area contributed by atoms with E-state index in [1.54, 1.807) is 53.1 Å². The van der Waals surface area contributed by atoms with Crippen LogP contribution in [0.25, 0.3) is 16.7 Å². The molecule has 1 N–H and O–H groups in total. The van der Waals surface area contributed by atoms with Gasteiger partial charge in [0.15, 0.2) is 0 Å². The Balaban J connectivity index is 2.13. The number of hydrogen-bond donors (Lipinski definition) is 1. The number of anilines is 1. The Morgan fingerprint density at radius 2 is 1.48 bits per heavy atom. The van der Waals surface area contributed by atoms with Crippen molar-refractivity contribution in [2.75, 3.05) is 5.43 Å². The highest BCUT2D eigenvalue weighted by Crippen LogP contribution is 2.17. The fourth-order valence-electron chi connectivity index (χ4n) is 3.64. The second-order valence-electron chi connectivity index (χ2n) is 8.16. The number of hydrogen-bond acceptors (Lipinski definition) is 4. The van der Waals surface area contributed by atoms with Crippen LogP contribution >= 0.6 is 0 Å². The molecule has 6 nitrogen and oxygen atoms in total. The van der Waals surface area contributed by atoms with Crippen LogP contribution in [0.5, 0.6) is 0 Å². The summed E-state index contributed by atoms with van der Waals surface area (Å²) in [6.07, 6.45) is 0.730. The van der Waals surface area contributed by atoms with E-state index < -0.39 is 16.9 Å². The summed E-state index contributed by atoms with van der Waals surface area (Å²) in [5.74, 6) is -0.228. The van der Waals surface area contributed by atoms with E-state index in [4.69, 9.17) is 0 Å². The lowest BCUT2D eigenvalue weighted by atomic mass is 10.1. The topological polar surface area (TPSA) is 68.4 Å². The second kappa shape index (κ2) is 9.65. The van der Waals surface area contributed by atoms with Crippen molar-refractivity contribution in [3.63, 3.8) is 0 Å². The van der Waals surface area contributed by atoms with E-state index in [1.807, 2.05) is 18.2 Å². The molecule has 1 aromatic heterocycles. The van der Waals surface area contributed by atoms with Crippen LogP contribution in [0.1, 0.15) is 20.3 Å². The number of para-hydroxylation sites is 4. The van der Waals surface area contributed by atoms with Gasteiger partial charge in [-0.1, -0.05) is 56.3 Å². The number of rotatable bonds is 6. The Bertz CT molecular complexity index is 1470. The zero-order valence-electron chi connectivity index (χ0n) is 18.5. The van der Waals surface area contributed by atoms with Crippen molar-refractivity contribution in [3.05, 3.63) is 111 Å². The third-order valence-electron chi connectivity index (χ3n) is 5.36. The molecule has 1 heterocycles. The molecule has 33 heavy (non-hydrogen) atoms. The highest BCUT2D eigenvalue weighted by atomic mass is 19.1. The van der Waals surface area contributed by atoms with E-state index in [0.29, 0.717) is 29.2 Å². The van der Waals surface area contributed by atoms with E-state index in [9.17, 15) is 14.0 Å². The summed E-state index contributed by atoms with van der Waals surface area (Å²) in [4.78, 5) is 27.3. The van der Waals surface area contributed by atoms with Crippen LogP contribution in [0.3, 0.4) is 0 Å². The molecule has 0 aliphatic carbocycles. The van der Waals surface area contributed by atoms with Crippen molar-refractivity contribution < 1.29 is 4.39 Å². The average molecular weight is 445 g/mol. The van der Waals surface area contributed by atoms with Gasteiger partial charge in [-0.15, -0.1) is 0 Å². The van der Waals surface area contributed by atoms with Gasteiger partial charge in [-0.2, -0.15) is 5.10 Å². The Morgan fingerprint density at radius 1 is 0.848 bits per heavy atom. The van der Waals surface area contributed by atoms with Crippen LogP contribution in [0.4, 0.5) is 10.1 Å². The first-order valence-corrected chi connectivity index (χ1v) is 10.9. The molecule has 0 amide bonds. The molecule has 0 spiro atoms. The van der Waals surface area contributed by atoms with Crippen LogP contribution in [0.2, 0.25) is 0 Å². The molecule has 0 aliphatic heterocycles. The van der Waals surface area contributed by atoms with Gasteiger partial charge in [-0.05, 0) is 48.7 Å². The molecule has 0 saturated heterocycles. The normalized spacial score (nSPS) is 11.8. The summed E-state index contributed by atoms with van der Waals surface area (Å²) in [6, 6.07) is 22.1. The lowest BCUT2D eigenvalue weighted by Crippen LogP contribution is -2.45. The van der Waals surface area contributed by atoms with Crippen LogP contribution in [-0.4, -0.2) is 9.13 Å². The lowest BCUT2D eigenvalue weighted by molar-refractivity contribution is 0.516. The van der Waals surface area contributed by atoms with Crippen molar-refractivity contribution in [3.8, 4) is 5.69 Å². The van der Waals surface area contributed by atoms with Gasteiger partial charge in [0.05, 0.1) is 22.4 Å². The monoisotopic (exact) mass is 444 g/mol. The van der Waals surface area contributed by atoms with E-state index in [-0.39, 0.29) is 11.0 Å². The van der Waals surface area contributed by atoms with Crippen LogP contribution in [0.15, 0.2) is 93.6 Å². The van der Waals surface area contributed by atoms with E-state index in [0.717, 1.165) is 6.42 Å². The Morgan fingerprint density at radius 3 is 2.18 bits per heavy atom. The number of halogens is 1. The molecule has 0 atom stereocenters. The average Bonchev–Trinajstić information content (AvgIpc) is 2.90. The molecule has 0 fully saturated rings. The maximum absolute atomic E-state index is 14.9. The van der Waals surface area contributed by atoms with Crippen LogP contribution in [0, 0.1) is 11.7 Å². The summed E-state index contributed by atoms with van der Waals surface area (Å²) in [6.45, 7) is 4.53. The van der Waals surface area contributed by atoms with Gasteiger partial charge in [-0.3, -0.25) is 19.6 Å². The zero-order valence-corrected chi connectivity index (χ0v) is 18.5. The molecule has 0 saturated carbocycles. The number of nitrogens with zero attached hydrogens (tertiary/aromatic N) is 3. The molecule has 0 radical (unpaired) electrons. The first-order valence-electron chi connectivity index (χ1n) is 10.9. The summed E-state index contributed by atoms with van der Waals surface area (Å²) >= 11 is 0. The van der Waals surface area contributed by atoms with E-state index in [1.165, 1.54) is 16.7 Å². The van der Waals surface area contributed by atoms with Crippen LogP contribution < -0.4 is 21.9 Å². The highest BCUT2D eigenvalue weighted by molar-refractivity contribution is 5.76. The largest absolute Gasteiger partial charge is 0.305 e. The summed E-state index contributed by atoms with van der Waals surface area (Å²) < 4.78 is 17.6. The van der Waals surface area contributed by atoms with Crippen molar-refractivity contribution >= 4 is 16.7 Å². The number of nitrogens with one attached hydrogen (secondary N) is 1. The number of aromatic nitrogens is 2. The first kappa shape index (κ1) is 22.2. The molecule has 0 aliphatic rings. The maximum Gasteiger partial charge on any atom is 0.289 e. The van der Waals surface area contributed by atoms with Gasteiger partial charge in [0, 0.05) is 6.54 Å². The summed E-state index contributed by atoms with van der Waals surface area (Å²) in [5.41, 5.74) is 3.21. The molecule has 4 rings (SSSR count). The first-order chi connectivity index (χ1) is 16.0. The van der Waals surface area contributed by atoms with Gasteiger partial charge in [0.2, 0.25) is 5.36 Å². The fourth-order valence-corrected chi connectivity index (χ4v) is 3.64. The standard InChI is InChI=1S/C26H25FN4O2/c1-18(2)16-17-30-22-14-8-9-15-23(22)31(21-13-7-6-12-20(21)27)26(33)24(25(30)32)29-28-19-10-4-3-5-11-19/h3-15,18,28H,16-17H2,1-2H3/b29-24-. The predicted octanol–water partition coefficient (Wildman–Crippen LogP) is 4.27. The highest BCUT2D eigenvalue weighted by Gasteiger charge is 2.16. The number of benzene rings is 3.